The molecule has 0 aliphatic heterocycles. The summed E-state index contributed by atoms with van der Waals surface area (Å²) in [5, 5.41) is 2.87. The van der Waals surface area contributed by atoms with E-state index in [1.807, 2.05) is 19.1 Å². The average Bonchev–Trinajstić information content (AvgIpc) is 2.62. The van der Waals surface area contributed by atoms with Crippen LogP contribution in [0.3, 0.4) is 0 Å². The highest BCUT2D eigenvalue weighted by atomic mass is 32.2. The number of rotatable bonds is 8. The lowest BCUT2D eigenvalue weighted by Crippen LogP contribution is -2.41. The normalized spacial score (nSPS) is 12.6. The second-order valence-corrected chi connectivity index (χ2v) is 8.72. The quantitative estimate of drug-likeness (QED) is 0.646. The number of nitrogens with one attached hydrogen (secondary N) is 2. The van der Waals surface area contributed by atoms with Crippen molar-refractivity contribution < 1.29 is 13.2 Å². The van der Waals surface area contributed by atoms with Gasteiger partial charge in [0.05, 0.1) is 4.90 Å². The van der Waals surface area contributed by atoms with Crippen LogP contribution in [0.25, 0.3) is 0 Å². The zero-order chi connectivity index (χ0) is 20.0. The van der Waals surface area contributed by atoms with Crippen molar-refractivity contribution in [2.24, 2.45) is 11.7 Å². The van der Waals surface area contributed by atoms with Gasteiger partial charge in [0, 0.05) is 23.8 Å². The zero-order valence-electron chi connectivity index (χ0n) is 15.9. The van der Waals surface area contributed by atoms with E-state index in [-0.39, 0.29) is 22.4 Å². The van der Waals surface area contributed by atoms with Crippen LogP contribution in [0.4, 0.5) is 5.69 Å². The van der Waals surface area contributed by atoms with Crippen molar-refractivity contribution in [3.8, 4) is 0 Å². The maximum atomic E-state index is 12.6. The standard InChI is InChI=1S/C20H27N3O3S/c1-14(2)11-18(13-21)22-20(24)16-5-4-6-19(12-16)27(25,26)23-17-9-7-15(3)8-10-17/h4-10,12,14,18,23H,11,13,21H2,1-3H3,(H,22,24). The first kappa shape index (κ1) is 20.9. The smallest absolute Gasteiger partial charge is 0.261 e. The molecule has 2 rings (SSSR count). The molecule has 146 valence electrons. The van der Waals surface area contributed by atoms with Crippen LogP contribution in [0.15, 0.2) is 53.4 Å². The molecule has 0 aliphatic rings. The maximum Gasteiger partial charge on any atom is 0.261 e. The predicted molar refractivity (Wildman–Crippen MR) is 108 cm³/mol. The van der Waals surface area contributed by atoms with Crippen LogP contribution in [0.1, 0.15) is 36.2 Å². The fourth-order valence-electron chi connectivity index (χ4n) is 2.69. The molecule has 7 heteroatoms. The molecule has 6 nitrogen and oxygen atoms in total. The molecule has 0 aliphatic carbocycles. The van der Waals surface area contributed by atoms with Gasteiger partial charge in [0.2, 0.25) is 0 Å². The van der Waals surface area contributed by atoms with E-state index in [0.29, 0.717) is 18.2 Å². The second-order valence-electron chi connectivity index (χ2n) is 7.03. The lowest BCUT2D eigenvalue weighted by Gasteiger charge is -2.19. The largest absolute Gasteiger partial charge is 0.348 e. The molecule has 0 heterocycles. The molecular weight excluding hydrogens is 362 g/mol. The summed E-state index contributed by atoms with van der Waals surface area (Å²) >= 11 is 0. The number of anilines is 1. The van der Waals surface area contributed by atoms with Gasteiger partial charge < -0.3 is 11.1 Å². The summed E-state index contributed by atoms with van der Waals surface area (Å²) in [6.45, 7) is 6.36. The Kier molecular flexibility index (Phi) is 6.98. The Hall–Kier alpha value is -2.38. The molecule has 27 heavy (non-hydrogen) atoms. The predicted octanol–water partition coefficient (Wildman–Crippen LogP) is 2.90. The van der Waals surface area contributed by atoms with E-state index in [9.17, 15) is 13.2 Å². The topological polar surface area (TPSA) is 101 Å². The summed E-state index contributed by atoms with van der Waals surface area (Å²) in [6.07, 6.45) is 0.759. The number of hydrogen-bond acceptors (Lipinski definition) is 4. The summed E-state index contributed by atoms with van der Waals surface area (Å²) in [7, 11) is -3.79. The zero-order valence-corrected chi connectivity index (χ0v) is 16.7. The number of aryl methyl sites for hydroxylation is 1. The van der Waals surface area contributed by atoms with Gasteiger partial charge in [0.25, 0.3) is 15.9 Å². The molecular formula is C20H27N3O3S. The van der Waals surface area contributed by atoms with E-state index >= 15 is 0 Å². The van der Waals surface area contributed by atoms with Crippen molar-refractivity contribution in [1.82, 2.24) is 5.32 Å². The summed E-state index contributed by atoms with van der Waals surface area (Å²) in [6, 6.07) is 12.9. The minimum Gasteiger partial charge on any atom is -0.348 e. The Bertz CT molecular complexity index is 878. The highest BCUT2D eigenvalue weighted by Gasteiger charge is 2.18. The second kappa shape index (κ2) is 9.01. The fraction of sp³-hybridized carbons (Fsp3) is 0.350. The van der Waals surface area contributed by atoms with Crippen LogP contribution in [0.5, 0.6) is 0 Å². The number of sulfonamides is 1. The minimum absolute atomic E-state index is 0.0314. The van der Waals surface area contributed by atoms with Crippen LogP contribution in [-0.2, 0) is 10.0 Å². The first-order valence-corrected chi connectivity index (χ1v) is 10.4. The van der Waals surface area contributed by atoms with E-state index in [2.05, 4.69) is 23.9 Å². The van der Waals surface area contributed by atoms with Gasteiger partial charge in [-0.2, -0.15) is 0 Å². The first-order chi connectivity index (χ1) is 12.7. The molecule has 0 fully saturated rings. The Morgan fingerprint density at radius 3 is 2.37 bits per heavy atom. The van der Waals surface area contributed by atoms with Crippen LogP contribution in [-0.4, -0.2) is 26.9 Å². The van der Waals surface area contributed by atoms with E-state index in [1.165, 1.54) is 12.1 Å². The van der Waals surface area contributed by atoms with Gasteiger partial charge in [-0.05, 0) is 49.6 Å². The summed E-state index contributed by atoms with van der Waals surface area (Å²) in [5.41, 5.74) is 7.51. The van der Waals surface area contributed by atoms with Gasteiger partial charge >= 0.3 is 0 Å². The van der Waals surface area contributed by atoms with Crippen LogP contribution in [0, 0.1) is 12.8 Å². The Morgan fingerprint density at radius 2 is 1.78 bits per heavy atom. The maximum absolute atomic E-state index is 12.6. The average molecular weight is 390 g/mol. The molecule has 1 atom stereocenters. The lowest BCUT2D eigenvalue weighted by atomic mass is 10.0. The van der Waals surface area contributed by atoms with Gasteiger partial charge in [-0.3, -0.25) is 9.52 Å². The number of benzene rings is 2. The number of carbonyl (C=O) groups excluding carboxylic acids is 1. The third-order valence-electron chi connectivity index (χ3n) is 4.09. The Labute approximate surface area is 161 Å². The molecule has 2 aromatic rings. The van der Waals surface area contributed by atoms with E-state index in [0.717, 1.165) is 12.0 Å². The monoisotopic (exact) mass is 389 g/mol. The molecule has 1 amide bonds. The third kappa shape index (κ3) is 6.08. The van der Waals surface area contributed by atoms with Gasteiger partial charge in [0.1, 0.15) is 0 Å². The van der Waals surface area contributed by atoms with Crippen molar-refractivity contribution in [3.63, 3.8) is 0 Å². The molecule has 2 aromatic carbocycles. The molecule has 4 N–H and O–H groups in total. The van der Waals surface area contributed by atoms with E-state index < -0.39 is 10.0 Å². The van der Waals surface area contributed by atoms with Gasteiger partial charge in [-0.15, -0.1) is 0 Å². The molecule has 0 bridgehead atoms. The van der Waals surface area contributed by atoms with Gasteiger partial charge in [-0.25, -0.2) is 8.42 Å². The Balaban J connectivity index is 2.17. The van der Waals surface area contributed by atoms with Crippen molar-refractivity contribution >= 4 is 21.6 Å². The molecule has 0 radical (unpaired) electrons. The van der Waals surface area contributed by atoms with E-state index in [1.54, 1.807) is 24.3 Å². The van der Waals surface area contributed by atoms with Crippen molar-refractivity contribution in [2.75, 3.05) is 11.3 Å². The van der Waals surface area contributed by atoms with E-state index in [4.69, 9.17) is 5.73 Å². The van der Waals surface area contributed by atoms with Gasteiger partial charge in [-0.1, -0.05) is 37.6 Å². The number of amides is 1. The van der Waals surface area contributed by atoms with Crippen molar-refractivity contribution in [2.45, 2.75) is 38.1 Å². The molecule has 1 unspecified atom stereocenters. The highest BCUT2D eigenvalue weighted by molar-refractivity contribution is 7.92. The van der Waals surface area contributed by atoms with Crippen LogP contribution >= 0.6 is 0 Å². The SMILES string of the molecule is Cc1ccc(NS(=O)(=O)c2cccc(C(=O)NC(CN)CC(C)C)c2)cc1. The van der Waals surface area contributed by atoms with Crippen LogP contribution in [0.2, 0.25) is 0 Å². The summed E-state index contributed by atoms with van der Waals surface area (Å²) < 4.78 is 27.8. The third-order valence-corrected chi connectivity index (χ3v) is 5.46. The fourth-order valence-corrected chi connectivity index (χ4v) is 3.80. The van der Waals surface area contributed by atoms with Crippen molar-refractivity contribution in [3.05, 3.63) is 59.7 Å². The number of hydrogen-bond donors (Lipinski definition) is 3. The van der Waals surface area contributed by atoms with Gasteiger partial charge in [0.15, 0.2) is 0 Å². The number of nitrogens with two attached hydrogens (primary N) is 1. The lowest BCUT2D eigenvalue weighted by molar-refractivity contribution is 0.0933. The number of carbonyl (C=O) groups is 1. The van der Waals surface area contributed by atoms with Crippen molar-refractivity contribution in [1.29, 1.82) is 0 Å². The highest BCUT2D eigenvalue weighted by Crippen LogP contribution is 2.18. The van der Waals surface area contributed by atoms with Crippen LogP contribution < -0.4 is 15.8 Å². The summed E-state index contributed by atoms with van der Waals surface area (Å²) in [4.78, 5) is 12.5. The molecule has 0 saturated heterocycles. The minimum atomic E-state index is -3.79. The molecule has 0 saturated carbocycles. The molecule has 0 aromatic heterocycles. The summed E-state index contributed by atoms with van der Waals surface area (Å²) in [5.74, 6) is 0.0581. The first-order valence-electron chi connectivity index (χ1n) is 8.91. The Morgan fingerprint density at radius 1 is 1.11 bits per heavy atom. The molecule has 0 spiro atoms.